The summed E-state index contributed by atoms with van der Waals surface area (Å²) in [6, 6.07) is 12.8. The first-order valence-electron chi connectivity index (χ1n) is 6.51. The molecule has 0 fully saturated rings. The van der Waals surface area contributed by atoms with Gasteiger partial charge in [0.05, 0.1) is 27.9 Å². The highest BCUT2D eigenvalue weighted by atomic mass is 35.5. The van der Waals surface area contributed by atoms with Gasteiger partial charge in [0.25, 0.3) is 5.91 Å². The Kier molecular flexibility index (Phi) is 3.39. The minimum Gasteiger partial charge on any atom is -0.334 e. The van der Waals surface area contributed by atoms with E-state index in [4.69, 9.17) is 11.6 Å². The molecule has 1 heterocycles. The lowest BCUT2D eigenvalue weighted by molar-refractivity contribution is 0.0993. The second-order valence-electron chi connectivity index (χ2n) is 4.87. The van der Waals surface area contributed by atoms with Gasteiger partial charge in [-0.2, -0.15) is 0 Å². The van der Waals surface area contributed by atoms with Crippen LogP contribution in [0.25, 0.3) is 11.0 Å². The molecule has 0 aliphatic rings. The molecule has 0 saturated carbocycles. The Labute approximate surface area is 127 Å². The van der Waals surface area contributed by atoms with Crippen molar-refractivity contribution in [3.63, 3.8) is 0 Å². The summed E-state index contributed by atoms with van der Waals surface area (Å²) in [6.07, 6.45) is 1.75. The van der Waals surface area contributed by atoms with Crippen LogP contribution < -0.4 is 4.90 Å². The monoisotopic (exact) mass is 299 g/mol. The van der Waals surface area contributed by atoms with Crippen LogP contribution in [-0.2, 0) is 7.05 Å². The van der Waals surface area contributed by atoms with E-state index >= 15 is 0 Å². The van der Waals surface area contributed by atoms with E-state index in [1.54, 1.807) is 42.5 Å². The molecule has 0 aliphatic carbocycles. The number of amides is 1. The summed E-state index contributed by atoms with van der Waals surface area (Å²) in [4.78, 5) is 18.4. The Morgan fingerprint density at radius 2 is 2.00 bits per heavy atom. The second kappa shape index (κ2) is 5.22. The van der Waals surface area contributed by atoms with Crippen LogP contribution in [0.4, 0.5) is 5.69 Å². The Balaban J connectivity index is 1.98. The minimum absolute atomic E-state index is 0.143. The van der Waals surface area contributed by atoms with Gasteiger partial charge in [0, 0.05) is 19.8 Å². The second-order valence-corrected chi connectivity index (χ2v) is 5.28. The van der Waals surface area contributed by atoms with Crippen molar-refractivity contribution in [2.45, 2.75) is 0 Å². The molecule has 5 heteroatoms. The number of imidazole rings is 1. The molecule has 0 saturated heterocycles. The quantitative estimate of drug-likeness (QED) is 0.726. The molecule has 1 amide bonds. The van der Waals surface area contributed by atoms with Crippen molar-refractivity contribution in [2.24, 2.45) is 7.05 Å². The van der Waals surface area contributed by atoms with Gasteiger partial charge >= 0.3 is 0 Å². The van der Waals surface area contributed by atoms with Crippen LogP contribution in [0.2, 0.25) is 5.02 Å². The number of aromatic nitrogens is 2. The number of rotatable bonds is 2. The van der Waals surface area contributed by atoms with Crippen molar-refractivity contribution in [1.29, 1.82) is 0 Å². The van der Waals surface area contributed by atoms with Crippen molar-refractivity contribution >= 4 is 34.2 Å². The van der Waals surface area contributed by atoms with Crippen LogP contribution in [0.15, 0.2) is 48.8 Å². The van der Waals surface area contributed by atoms with E-state index in [-0.39, 0.29) is 5.91 Å². The predicted molar refractivity (Wildman–Crippen MR) is 84.9 cm³/mol. The number of anilines is 1. The van der Waals surface area contributed by atoms with Gasteiger partial charge in [-0.15, -0.1) is 0 Å². The highest BCUT2D eigenvalue weighted by Crippen LogP contribution is 2.23. The number of carbonyl (C=O) groups excluding carboxylic acids is 1. The molecule has 21 heavy (non-hydrogen) atoms. The molecular weight excluding hydrogens is 286 g/mol. The third-order valence-corrected chi connectivity index (χ3v) is 3.83. The van der Waals surface area contributed by atoms with E-state index in [2.05, 4.69) is 4.98 Å². The lowest BCUT2D eigenvalue weighted by atomic mass is 10.2. The topological polar surface area (TPSA) is 38.1 Å². The molecule has 0 aliphatic heterocycles. The molecule has 3 rings (SSSR count). The molecule has 0 atom stereocenters. The molecule has 0 radical (unpaired) electrons. The van der Waals surface area contributed by atoms with Crippen molar-refractivity contribution in [3.8, 4) is 0 Å². The highest BCUT2D eigenvalue weighted by molar-refractivity contribution is 6.34. The lowest BCUT2D eigenvalue weighted by Gasteiger charge is -2.18. The van der Waals surface area contributed by atoms with Crippen LogP contribution in [0.5, 0.6) is 0 Å². The average Bonchev–Trinajstić information content (AvgIpc) is 2.87. The molecule has 3 aromatic rings. The van der Waals surface area contributed by atoms with Gasteiger partial charge in [0.15, 0.2) is 0 Å². The molecule has 0 spiro atoms. The Hall–Kier alpha value is -2.33. The van der Waals surface area contributed by atoms with Crippen LogP contribution in [0.3, 0.4) is 0 Å². The molecule has 2 aromatic carbocycles. The maximum absolute atomic E-state index is 12.5. The smallest absolute Gasteiger partial charge is 0.259 e. The fraction of sp³-hybridized carbons (Fsp3) is 0.125. The van der Waals surface area contributed by atoms with Crippen molar-refractivity contribution < 1.29 is 4.79 Å². The molecule has 0 bridgehead atoms. The maximum Gasteiger partial charge on any atom is 0.259 e. The molecule has 0 N–H and O–H groups in total. The number of aryl methyl sites for hydroxylation is 1. The Morgan fingerprint density at radius 3 is 2.76 bits per heavy atom. The van der Waals surface area contributed by atoms with E-state index in [0.29, 0.717) is 10.6 Å². The van der Waals surface area contributed by atoms with Crippen LogP contribution >= 0.6 is 11.6 Å². The van der Waals surface area contributed by atoms with E-state index in [9.17, 15) is 4.79 Å². The van der Waals surface area contributed by atoms with Gasteiger partial charge in [-0.05, 0) is 30.3 Å². The summed E-state index contributed by atoms with van der Waals surface area (Å²) < 4.78 is 1.94. The number of nitrogens with zero attached hydrogens (tertiary/aromatic N) is 3. The SMILES string of the molecule is CN(C(=O)c1ccccc1Cl)c1ccc2c(c1)ncn2C. The normalized spacial score (nSPS) is 10.8. The van der Waals surface area contributed by atoms with Gasteiger partial charge in [-0.25, -0.2) is 4.98 Å². The van der Waals surface area contributed by atoms with E-state index < -0.39 is 0 Å². The lowest BCUT2D eigenvalue weighted by Crippen LogP contribution is -2.26. The van der Waals surface area contributed by atoms with E-state index in [1.807, 2.05) is 29.8 Å². The standard InChI is InChI=1S/C16H14ClN3O/c1-19-10-18-14-9-11(7-8-15(14)19)20(2)16(21)12-5-3-4-6-13(12)17/h3-10H,1-2H3. The van der Waals surface area contributed by atoms with Gasteiger partial charge in [-0.3, -0.25) is 4.79 Å². The molecule has 0 unspecified atom stereocenters. The highest BCUT2D eigenvalue weighted by Gasteiger charge is 2.16. The van der Waals surface area contributed by atoms with Gasteiger partial charge in [0.1, 0.15) is 0 Å². The van der Waals surface area contributed by atoms with Gasteiger partial charge in [-0.1, -0.05) is 23.7 Å². The average molecular weight is 300 g/mol. The molecule has 106 valence electrons. The van der Waals surface area contributed by atoms with Crippen molar-refractivity contribution in [3.05, 3.63) is 59.4 Å². The van der Waals surface area contributed by atoms with Crippen LogP contribution in [-0.4, -0.2) is 22.5 Å². The van der Waals surface area contributed by atoms with E-state index in [0.717, 1.165) is 16.7 Å². The van der Waals surface area contributed by atoms with Crippen LogP contribution in [0, 0.1) is 0 Å². The number of hydrogen-bond donors (Lipinski definition) is 0. The summed E-state index contributed by atoms with van der Waals surface area (Å²) >= 11 is 6.09. The first-order chi connectivity index (χ1) is 10.1. The zero-order valence-corrected chi connectivity index (χ0v) is 12.5. The third-order valence-electron chi connectivity index (χ3n) is 3.51. The van der Waals surface area contributed by atoms with E-state index in [1.165, 1.54) is 0 Å². The Morgan fingerprint density at radius 1 is 1.24 bits per heavy atom. The van der Waals surface area contributed by atoms with Gasteiger partial charge < -0.3 is 9.47 Å². The zero-order chi connectivity index (χ0) is 15.0. The third kappa shape index (κ3) is 2.38. The fourth-order valence-corrected chi connectivity index (χ4v) is 2.48. The maximum atomic E-state index is 12.5. The van der Waals surface area contributed by atoms with Crippen LogP contribution in [0.1, 0.15) is 10.4 Å². The first kappa shape index (κ1) is 13.6. The molecule has 4 nitrogen and oxygen atoms in total. The Bertz CT molecular complexity index is 825. The summed E-state index contributed by atoms with van der Waals surface area (Å²) in [7, 11) is 3.67. The first-order valence-corrected chi connectivity index (χ1v) is 6.89. The predicted octanol–water partition coefficient (Wildman–Crippen LogP) is 3.50. The van der Waals surface area contributed by atoms with Crippen molar-refractivity contribution in [2.75, 3.05) is 11.9 Å². The number of halogens is 1. The molecule has 1 aromatic heterocycles. The summed E-state index contributed by atoms with van der Waals surface area (Å²) in [5, 5.41) is 0.452. The number of hydrogen-bond acceptors (Lipinski definition) is 2. The number of fused-ring (bicyclic) bond motifs is 1. The van der Waals surface area contributed by atoms with Gasteiger partial charge in [0.2, 0.25) is 0 Å². The summed E-state index contributed by atoms with van der Waals surface area (Å²) in [5.41, 5.74) is 3.15. The molecular formula is C16H14ClN3O. The summed E-state index contributed by atoms with van der Waals surface area (Å²) in [6.45, 7) is 0. The zero-order valence-electron chi connectivity index (χ0n) is 11.7. The van der Waals surface area contributed by atoms with Crippen molar-refractivity contribution in [1.82, 2.24) is 9.55 Å². The number of benzene rings is 2. The minimum atomic E-state index is -0.143. The largest absolute Gasteiger partial charge is 0.334 e. The summed E-state index contributed by atoms with van der Waals surface area (Å²) in [5.74, 6) is -0.143. The number of carbonyl (C=O) groups is 1. The fourth-order valence-electron chi connectivity index (χ4n) is 2.27.